The normalized spacial score (nSPS) is 11.6. The van der Waals surface area contributed by atoms with Crippen LogP contribution in [-0.4, -0.2) is 35.3 Å². The molecule has 0 aliphatic rings. The monoisotopic (exact) mass is 423 g/mol. The van der Waals surface area contributed by atoms with Crippen LogP contribution < -0.4 is 9.46 Å². The molecule has 0 unspecified atom stereocenters. The van der Waals surface area contributed by atoms with Crippen molar-refractivity contribution in [1.82, 2.24) is 19.8 Å². The van der Waals surface area contributed by atoms with Crippen LogP contribution >= 0.6 is 0 Å². The number of nitrogens with zero attached hydrogens (tertiary/aromatic N) is 4. The van der Waals surface area contributed by atoms with Gasteiger partial charge in [0, 0.05) is 11.3 Å². The highest BCUT2D eigenvalue weighted by Crippen LogP contribution is 2.32. The zero-order valence-electron chi connectivity index (χ0n) is 17.0. The molecule has 2 heterocycles. The van der Waals surface area contributed by atoms with Gasteiger partial charge in [-0.1, -0.05) is 12.1 Å². The number of rotatable bonds is 5. The minimum atomic E-state index is -3.79. The summed E-state index contributed by atoms with van der Waals surface area (Å²) in [6.07, 6.45) is 1.52. The van der Waals surface area contributed by atoms with E-state index in [0.29, 0.717) is 28.3 Å². The van der Waals surface area contributed by atoms with Crippen LogP contribution in [0.1, 0.15) is 16.7 Å². The topological polar surface area (TPSA) is 98.5 Å². The Morgan fingerprint density at radius 1 is 1.03 bits per heavy atom. The van der Waals surface area contributed by atoms with Crippen molar-refractivity contribution < 1.29 is 13.2 Å². The predicted molar refractivity (Wildman–Crippen MR) is 114 cm³/mol. The van der Waals surface area contributed by atoms with E-state index in [1.54, 1.807) is 48.9 Å². The SMILES string of the molecule is COc1c(C)cc(S(=O)(=O)Nc2cccc(-c3ccc4nncn4n3)c2)c(C)c1C. The lowest BCUT2D eigenvalue weighted by Gasteiger charge is -2.17. The third-order valence-corrected chi connectivity index (χ3v) is 6.55. The molecular formula is C21H21N5O3S. The standard InChI is InChI=1S/C21H21N5O3S/c1-13-10-19(14(2)15(3)21(13)29-4)30(27,28)25-17-7-5-6-16(11-17)18-8-9-20-23-22-12-26(20)24-18/h5-12,25H,1-4H3. The van der Waals surface area contributed by atoms with Crippen molar-refractivity contribution in [1.29, 1.82) is 0 Å². The third-order valence-electron chi connectivity index (χ3n) is 5.04. The number of methoxy groups -OCH3 is 1. The summed E-state index contributed by atoms with van der Waals surface area (Å²) in [5, 5.41) is 12.2. The largest absolute Gasteiger partial charge is 0.496 e. The van der Waals surface area contributed by atoms with Crippen LogP contribution in [0.15, 0.2) is 53.7 Å². The second kappa shape index (κ2) is 7.42. The Balaban J connectivity index is 1.70. The molecule has 9 heteroatoms. The maximum Gasteiger partial charge on any atom is 0.262 e. The Hall–Kier alpha value is -3.46. The molecule has 4 rings (SSSR count). The Bertz CT molecular complexity index is 1360. The summed E-state index contributed by atoms with van der Waals surface area (Å²) in [5.74, 6) is 0.698. The van der Waals surface area contributed by atoms with E-state index < -0.39 is 10.0 Å². The number of aryl methyl sites for hydroxylation is 1. The zero-order chi connectivity index (χ0) is 21.5. The molecule has 0 fully saturated rings. The van der Waals surface area contributed by atoms with Crippen LogP contribution in [0.2, 0.25) is 0 Å². The molecule has 4 aromatic rings. The van der Waals surface area contributed by atoms with E-state index in [2.05, 4.69) is 20.0 Å². The molecule has 0 saturated heterocycles. The van der Waals surface area contributed by atoms with Crippen molar-refractivity contribution in [2.45, 2.75) is 25.7 Å². The summed E-state index contributed by atoms with van der Waals surface area (Å²) >= 11 is 0. The minimum Gasteiger partial charge on any atom is -0.496 e. The molecule has 0 amide bonds. The van der Waals surface area contributed by atoms with Gasteiger partial charge in [-0.15, -0.1) is 10.2 Å². The zero-order valence-corrected chi connectivity index (χ0v) is 17.9. The molecule has 8 nitrogen and oxygen atoms in total. The highest BCUT2D eigenvalue weighted by Gasteiger charge is 2.21. The van der Waals surface area contributed by atoms with Gasteiger partial charge in [-0.05, 0) is 67.8 Å². The van der Waals surface area contributed by atoms with Crippen LogP contribution in [0.5, 0.6) is 5.75 Å². The van der Waals surface area contributed by atoms with Crippen LogP contribution in [0.3, 0.4) is 0 Å². The van der Waals surface area contributed by atoms with Gasteiger partial charge >= 0.3 is 0 Å². The molecule has 0 bridgehead atoms. The summed E-state index contributed by atoms with van der Waals surface area (Å²) in [6, 6.07) is 12.3. The highest BCUT2D eigenvalue weighted by molar-refractivity contribution is 7.92. The van der Waals surface area contributed by atoms with Crippen molar-refractivity contribution in [3.63, 3.8) is 0 Å². The number of aromatic nitrogens is 4. The fourth-order valence-electron chi connectivity index (χ4n) is 3.45. The number of ether oxygens (including phenoxy) is 1. The van der Waals surface area contributed by atoms with Gasteiger partial charge in [0.25, 0.3) is 10.0 Å². The average molecular weight is 423 g/mol. The van der Waals surface area contributed by atoms with E-state index >= 15 is 0 Å². The second-order valence-corrected chi connectivity index (χ2v) is 8.66. The summed E-state index contributed by atoms with van der Waals surface area (Å²) in [4.78, 5) is 0.229. The molecule has 0 spiro atoms. The molecule has 0 saturated carbocycles. The third kappa shape index (κ3) is 3.48. The molecule has 0 aliphatic heterocycles. The Kier molecular flexibility index (Phi) is 4.90. The first kappa shape index (κ1) is 19.8. The van der Waals surface area contributed by atoms with Gasteiger partial charge in [-0.25, -0.2) is 8.42 Å². The molecule has 2 aromatic heterocycles. The molecule has 30 heavy (non-hydrogen) atoms. The first-order valence-electron chi connectivity index (χ1n) is 9.25. The van der Waals surface area contributed by atoms with Gasteiger partial charge in [0.2, 0.25) is 0 Å². The van der Waals surface area contributed by atoms with Crippen molar-refractivity contribution in [2.75, 3.05) is 11.8 Å². The van der Waals surface area contributed by atoms with Gasteiger partial charge in [-0.3, -0.25) is 4.72 Å². The molecule has 0 radical (unpaired) electrons. The van der Waals surface area contributed by atoms with Crippen LogP contribution in [0, 0.1) is 20.8 Å². The predicted octanol–water partition coefficient (Wildman–Crippen LogP) is 3.53. The molecule has 0 aliphatic carbocycles. The molecule has 1 N–H and O–H groups in total. The van der Waals surface area contributed by atoms with E-state index in [0.717, 1.165) is 16.7 Å². The summed E-state index contributed by atoms with van der Waals surface area (Å²) < 4.78 is 35.9. The second-order valence-electron chi connectivity index (χ2n) is 7.01. The van der Waals surface area contributed by atoms with Crippen molar-refractivity contribution in [2.24, 2.45) is 0 Å². The highest BCUT2D eigenvalue weighted by atomic mass is 32.2. The molecule has 154 valence electrons. The lowest BCUT2D eigenvalue weighted by Crippen LogP contribution is -2.15. The van der Waals surface area contributed by atoms with E-state index in [-0.39, 0.29) is 4.90 Å². The van der Waals surface area contributed by atoms with E-state index in [1.807, 2.05) is 26.0 Å². The Labute approximate surface area is 174 Å². The number of benzene rings is 2. The van der Waals surface area contributed by atoms with Crippen LogP contribution in [0.25, 0.3) is 16.9 Å². The molecule has 0 atom stereocenters. The number of fused-ring (bicyclic) bond motifs is 1. The number of sulfonamides is 1. The first-order valence-corrected chi connectivity index (χ1v) is 10.7. The quantitative estimate of drug-likeness (QED) is 0.527. The Morgan fingerprint density at radius 2 is 1.83 bits per heavy atom. The van der Waals surface area contributed by atoms with E-state index in [9.17, 15) is 8.42 Å². The maximum atomic E-state index is 13.1. The summed E-state index contributed by atoms with van der Waals surface area (Å²) in [5.41, 5.74) is 4.75. The van der Waals surface area contributed by atoms with Crippen molar-refractivity contribution >= 4 is 21.4 Å². The lowest BCUT2D eigenvalue weighted by atomic mass is 10.1. The lowest BCUT2D eigenvalue weighted by molar-refractivity contribution is 0.407. The number of hydrogen-bond donors (Lipinski definition) is 1. The van der Waals surface area contributed by atoms with E-state index in [4.69, 9.17) is 4.74 Å². The van der Waals surface area contributed by atoms with Crippen LogP contribution in [0.4, 0.5) is 5.69 Å². The van der Waals surface area contributed by atoms with Crippen molar-refractivity contribution in [3.8, 4) is 17.0 Å². The maximum absolute atomic E-state index is 13.1. The summed E-state index contributed by atoms with van der Waals surface area (Å²) in [6.45, 7) is 5.46. The van der Waals surface area contributed by atoms with E-state index in [1.165, 1.54) is 6.33 Å². The summed E-state index contributed by atoms with van der Waals surface area (Å²) in [7, 11) is -2.21. The van der Waals surface area contributed by atoms with Gasteiger partial charge in [0.1, 0.15) is 12.1 Å². The molecule has 2 aromatic carbocycles. The number of hydrogen-bond acceptors (Lipinski definition) is 6. The van der Waals surface area contributed by atoms with Gasteiger partial charge in [-0.2, -0.15) is 9.61 Å². The average Bonchev–Trinajstić information content (AvgIpc) is 3.18. The van der Waals surface area contributed by atoms with Gasteiger partial charge in [0.05, 0.1) is 17.7 Å². The first-order chi connectivity index (χ1) is 14.3. The molecular weight excluding hydrogens is 402 g/mol. The van der Waals surface area contributed by atoms with Crippen LogP contribution in [-0.2, 0) is 10.0 Å². The van der Waals surface area contributed by atoms with Crippen molar-refractivity contribution in [3.05, 3.63) is 65.5 Å². The fraction of sp³-hybridized carbons (Fsp3) is 0.190. The van der Waals surface area contributed by atoms with Gasteiger partial charge < -0.3 is 4.74 Å². The number of nitrogens with one attached hydrogen (secondary N) is 1. The smallest absolute Gasteiger partial charge is 0.262 e. The fourth-order valence-corrected chi connectivity index (χ4v) is 4.88. The minimum absolute atomic E-state index is 0.229. The number of anilines is 1. The van der Waals surface area contributed by atoms with Gasteiger partial charge in [0.15, 0.2) is 5.65 Å². The Morgan fingerprint density at radius 3 is 2.60 bits per heavy atom.